The molecule has 3 heteroatoms. The fraction of sp³-hybridized carbons (Fsp3) is 0.778. The SMILES string of the molecule is Cc1cc(CCC2(CCNC3CC3)CCCCC2)sc1Br. The van der Waals surface area contributed by atoms with Gasteiger partial charge >= 0.3 is 0 Å². The molecule has 1 aromatic rings. The standard InChI is InChI=1S/C18H28BrNS/c1-14-13-16(21-17(14)19)7-10-18(8-3-2-4-9-18)11-12-20-15-5-6-15/h13,15,20H,2-12H2,1H3. The summed E-state index contributed by atoms with van der Waals surface area (Å²) in [5.74, 6) is 0. The Hall–Kier alpha value is 0.140. The fourth-order valence-electron chi connectivity index (χ4n) is 3.79. The van der Waals surface area contributed by atoms with Crippen molar-refractivity contribution in [2.75, 3.05) is 6.54 Å². The van der Waals surface area contributed by atoms with E-state index in [0.717, 1.165) is 6.04 Å². The maximum atomic E-state index is 3.74. The Morgan fingerprint density at radius 2 is 2.00 bits per heavy atom. The summed E-state index contributed by atoms with van der Waals surface area (Å²) in [6.45, 7) is 3.46. The first-order valence-corrected chi connectivity index (χ1v) is 10.3. The van der Waals surface area contributed by atoms with Crippen molar-refractivity contribution in [1.82, 2.24) is 5.32 Å². The van der Waals surface area contributed by atoms with Gasteiger partial charge in [-0.3, -0.25) is 0 Å². The Kier molecular flexibility index (Phi) is 5.45. The molecule has 1 N–H and O–H groups in total. The Morgan fingerprint density at radius 1 is 1.24 bits per heavy atom. The van der Waals surface area contributed by atoms with Crippen molar-refractivity contribution in [3.05, 3.63) is 20.3 Å². The van der Waals surface area contributed by atoms with Gasteiger partial charge < -0.3 is 5.32 Å². The van der Waals surface area contributed by atoms with E-state index in [9.17, 15) is 0 Å². The molecule has 0 saturated heterocycles. The van der Waals surface area contributed by atoms with Gasteiger partial charge in [-0.1, -0.05) is 19.3 Å². The van der Waals surface area contributed by atoms with Crippen LogP contribution < -0.4 is 5.32 Å². The minimum absolute atomic E-state index is 0.629. The molecule has 118 valence electrons. The van der Waals surface area contributed by atoms with Crippen molar-refractivity contribution in [3.8, 4) is 0 Å². The number of nitrogens with one attached hydrogen (secondary N) is 1. The van der Waals surface area contributed by atoms with Gasteiger partial charge in [0, 0.05) is 10.9 Å². The first-order chi connectivity index (χ1) is 10.2. The average molecular weight is 370 g/mol. The molecule has 0 spiro atoms. The van der Waals surface area contributed by atoms with Crippen molar-refractivity contribution < 1.29 is 0 Å². The van der Waals surface area contributed by atoms with Crippen LogP contribution in [0.15, 0.2) is 9.85 Å². The Labute approximate surface area is 142 Å². The topological polar surface area (TPSA) is 12.0 Å². The number of hydrogen-bond donors (Lipinski definition) is 1. The van der Waals surface area contributed by atoms with E-state index >= 15 is 0 Å². The van der Waals surface area contributed by atoms with Crippen molar-refractivity contribution in [3.63, 3.8) is 0 Å². The molecule has 2 aliphatic carbocycles. The molecule has 3 rings (SSSR count). The molecule has 1 heterocycles. The summed E-state index contributed by atoms with van der Waals surface area (Å²) in [5, 5.41) is 3.74. The van der Waals surface area contributed by atoms with Gasteiger partial charge in [0.25, 0.3) is 0 Å². The molecule has 2 aliphatic rings. The summed E-state index contributed by atoms with van der Waals surface area (Å²) in [7, 11) is 0. The molecule has 0 atom stereocenters. The number of hydrogen-bond acceptors (Lipinski definition) is 2. The Bertz CT molecular complexity index is 438. The van der Waals surface area contributed by atoms with Gasteiger partial charge in [0.2, 0.25) is 0 Å². The average Bonchev–Trinajstić information content (AvgIpc) is 3.24. The van der Waals surface area contributed by atoms with Crippen LogP contribution in [-0.4, -0.2) is 12.6 Å². The molecular weight excluding hydrogens is 342 g/mol. The molecular formula is C18H28BrNS. The molecule has 0 aromatic carbocycles. The van der Waals surface area contributed by atoms with E-state index in [0.29, 0.717) is 5.41 Å². The van der Waals surface area contributed by atoms with Gasteiger partial charge in [-0.15, -0.1) is 11.3 Å². The van der Waals surface area contributed by atoms with E-state index in [4.69, 9.17) is 0 Å². The maximum Gasteiger partial charge on any atom is 0.0730 e. The largest absolute Gasteiger partial charge is 0.314 e. The molecule has 0 bridgehead atoms. The van der Waals surface area contributed by atoms with Crippen molar-refractivity contribution in [2.24, 2.45) is 5.41 Å². The zero-order chi connectivity index (χ0) is 14.7. The maximum absolute atomic E-state index is 3.74. The van der Waals surface area contributed by atoms with E-state index in [1.54, 1.807) is 4.88 Å². The van der Waals surface area contributed by atoms with Crippen molar-refractivity contribution >= 4 is 27.3 Å². The molecule has 0 unspecified atom stereocenters. The molecule has 2 fully saturated rings. The van der Waals surface area contributed by atoms with Crippen LogP contribution >= 0.6 is 27.3 Å². The summed E-state index contributed by atoms with van der Waals surface area (Å²) in [4.78, 5) is 1.57. The van der Waals surface area contributed by atoms with E-state index in [2.05, 4.69) is 34.2 Å². The summed E-state index contributed by atoms with van der Waals surface area (Å²) in [6, 6.07) is 3.25. The highest BCUT2D eigenvalue weighted by atomic mass is 79.9. The highest BCUT2D eigenvalue weighted by Crippen LogP contribution is 2.43. The van der Waals surface area contributed by atoms with Crippen LogP contribution in [0.1, 0.15) is 68.2 Å². The summed E-state index contributed by atoms with van der Waals surface area (Å²) < 4.78 is 1.32. The first kappa shape index (κ1) is 16.0. The predicted molar refractivity (Wildman–Crippen MR) is 96.2 cm³/mol. The normalized spacial score (nSPS) is 21.6. The summed E-state index contributed by atoms with van der Waals surface area (Å²) in [5.41, 5.74) is 2.04. The molecule has 1 nitrogen and oxygen atoms in total. The minimum atomic E-state index is 0.629. The van der Waals surface area contributed by atoms with Crippen LogP contribution in [0.3, 0.4) is 0 Å². The third-order valence-corrected chi connectivity index (χ3v) is 7.59. The molecule has 0 amide bonds. The van der Waals surface area contributed by atoms with Crippen molar-refractivity contribution in [2.45, 2.75) is 77.2 Å². The van der Waals surface area contributed by atoms with Gasteiger partial charge in [0.15, 0.2) is 0 Å². The monoisotopic (exact) mass is 369 g/mol. The van der Waals surface area contributed by atoms with Gasteiger partial charge in [0.1, 0.15) is 0 Å². The van der Waals surface area contributed by atoms with Crippen molar-refractivity contribution in [1.29, 1.82) is 0 Å². The Balaban J connectivity index is 1.55. The molecule has 0 radical (unpaired) electrons. The lowest BCUT2D eigenvalue weighted by Crippen LogP contribution is -2.30. The number of halogens is 1. The number of aryl methyl sites for hydroxylation is 2. The second-order valence-electron chi connectivity index (χ2n) is 7.21. The lowest BCUT2D eigenvalue weighted by molar-refractivity contribution is 0.157. The smallest absolute Gasteiger partial charge is 0.0730 e. The van der Waals surface area contributed by atoms with Crippen LogP contribution in [-0.2, 0) is 6.42 Å². The van der Waals surface area contributed by atoms with Gasteiger partial charge in [-0.2, -0.15) is 0 Å². The van der Waals surface area contributed by atoms with Crippen LogP contribution in [0.4, 0.5) is 0 Å². The van der Waals surface area contributed by atoms with Gasteiger partial charge in [-0.25, -0.2) is 0 Å². The number of rotatable bonds is 7. The number of thiophene rings is 1. The van der Waals surface area contributed by atoms with E-state index in [1.807, 2.05) is 11.3 Å². The lowest BCUT2D eigenvalue weighted by Gasteiger charge is -2.38. The molecule has 0 aliphatic heterocycles. The third kappa shape index (κ3) is 4.56. The second kappa shape index (κ2) is 7.14. The van der Waals surface area contributed by atoms with E-state index in [-0.39, 0.29) is 0 Å². The zero-order valence-electron chi connectivity index (χ0n) is 13.2. The third-order valence-electron chi connectivity index (χ3n) is 5.39. The Morgan fingerprint density at radius 3 is 2.62 bits per heavy atom. The van der Waals surface area contributed by atoms with E-state index < -0.39 is 0 Å². The summed E-state index contributed by atoms with van der Waals surface area (Å²) >= 11 is 5.61. The highest BCUT2D eigenvalue weighted by Gasteiger charge is 2.32. The molecule has 2 saturated carbocycles. The van der Waals surface area contributed by atoms with E-state index in [1.165, 1.54) is 80.1 Å². The lowest BCUT2D eigenvalue weighted by atomic mass is 9.69. The highest BCUT2D eigenvalue weighted by molar-refractivity contribution is 9.11. The first-order valence-electron chi connectivity index (χ1n) is 8.65. The van der Waals surface area contributed by atoms with Gasteiger partial charge in [0.05, 0.1) is 3.79 Å². The van der Waals surface area contributed by atoms with Crippen LogP contribution in [0.2, 0.25) is 0 Å². The summed E-state index contributed by atoms with van der Waals surface area (Å²) in [6.07, 6.45) is 14.2. The predicted octanol–water partition coefficient (Wildman–Crippen LogP) is 5.84. The molecule has 1 aromatic heterocycles. The quantitative estimate of drug-likeness (QED) is 0.635. The van der Waals surface area contributed by atoms with Crippen LogP contribution in [0, 0.1) is 12.3 Å². The van der Waals surface area contributed by atoms with Gasteiger partial charge in [-0.05, 0) is 91.4 Å². The second-order valence-corrected chi connectivity index (χ2v) is 9.66. The molecule has 21 heavy (non-hydrogen) atoms. The fourth-order valence-corrected chi connectivity index (χ4v) is 5.42. The van der Waals surface area contributed by atoms with Crippen LogP contribution in [0.25, 0.3) is 0 Å². The van der Waals surface area contributed by atoms with Crippen LogP contribution in [0.5, 0.6) is 0 Å². The zero-order valence-corrected chi connectivity index (χ0v) is 15.6. The minimum Gasteiger partial charge on any atom is -0.314 e.